The number of fused-ring (bicyclic) bond motifs is 1. The van der Waals surface area contributed by atoms with Crippen molar-refractivity contribution in [1.82, 2.24) is 9.88 Å². The molecule has 2 heterocycles. The maximum absolute atomic E-state index is 11.1. The first kappa shape index (κ1) is 26.0. The summed E-state index contributed by atoms with van der Waals surface area (Å²) in [6, 6.07) is 11.0. The van der Waals surface area contributed by atoms with Crippen molar-refractivity contribution in [3.8, 4) is 5.75 Å². The first-order valence-electron chi connectivity index (χ1n) is 12.0. The van der Waals surface area contributed by atoms with Crippen LogP contribution in [0.3, 0.4) is 0 Å². The second kappa shape index (κ2) is 11.3. The van der Waals surface area contributed by atoms with E-state index >= 15 is 0 Å². The Balaban J connectivity index is 1.44. The van der Waals surface area contributed by atoms with Crippen LogP contribution in [0.15, 0.2) is 36.4 Å². The van der Waals surface area contributed by atoms with E-state index in [1.54, 1.807) is 29.5 Å². The summed E-state index contributed by atoms with van der Waals surface area (Å²) in [5, 5.41) is 11.4. The van der Waals surface area contributed by atoms with Crippen LogP contribution in [0.4, 0.5) is 5.13 Å². The number of hydrogen-bond acceptors (Lipinski definition) is 6. The number of aromatic nitrogens is 1. The van der Waals surface area contributed by atoms with E-state index in [2.05, 4.69) is 23.6 Å². The summed E-state index contributed by atoms with van der Waals surface area (Å²) in [5.41, 5.74) is 1.71. The fourth-order valence-corrected chi connectivity index (χ4v) is 6.51. The predicted octanol–water partition coefficient (Wildman–Crippen LogP) is 6.38. The van der Waals surface area contributed by atoms with Gasteiger partial charge in [-0.05, 0) is 68.2 Å². The van der Waals surface area contributed by atoms with Gasteiger partial charge in [0.1, 0.15) is 5.75 Å². The minimum Gasteiger partial charge on any atom is -0.492 e. The fourth-order valence-electron chi connectivity index (χ4n) is 5.05. The number of anilines is 1. The molecule has 1 aliphatic heterocycles. The Bertz CT molecular complexity index is 1170. The number of carboxylic acid groups (broad SMARTS) is 1. The second-order valence-corrected chi connectivity index (χ2v) is 10.8. The zero-order chi connectivity index (χ0) is 25.0. The predicted molar refractivity (Wildman–Crippen MR) is 145 cm³/mol. The quantitative estimate of drug-likeness (QED) is 0.324. The van der Waals surface area contributed by atoms with Gasteiger partial charge in [-0.3, -0.25) is 9.69 Å². The lowest BCUT2D eigenvalue weighted by Crippen LogP contribution is -2.56. The maximum atomic E-state index is 11.1. The van der Waals surface area contributed by atoms with Gasteiger partial charge in [0.25, 0.3) is 0 Å². The molecule has 6 nitrogen and oxygen atoms in total. The molecule has 1 fully saturated rings. The molecule has 0 atom stereocenters. The number of benzene rings is 2. The Kier molecular flexibility index (Phi) is 8.42. The maximum Gasteiger partial charge on any atom is 0.307 e. The number of thiazole rings is 1. The van der Waals surface area contributed by atoms with Crippen molar-refractivity contribution >= 4 is 55.9 Å². The molecule has 1 saturated heterocycles. The molecule has 4 rings (SSSR count). The SMILES string of the molecule is CCN(CC)C1(CCOc2cc(CC(=O)O)ccc2Cl)CCN(c2nc3ccc(Cl)cc3s2)CC1. The topological polar surface area (TPSA) is 65.9 Å². The molecule has 0 spiro atoms. The molecule has 188 valence electrons. The summed E-state index contributed by atoms with van der Waals surface area (Å²) in [7, 11) is 0. The third-order valence-corrected chi connectivity index (χ3v) is 8.54. The third-order valence-electron chi connectivity index (χ3n) is 6.91. The fraction of sp³-hybridized carbons (Fsp3) is 0.462. The zero-order valence-corrected chi connectivity index (χ0v) is 22.4. The van der Waals surface area contributed by atoms with E-state index in [4.69, 9.17) is 38.0 Å². The highest BCUT2D eigenvalue weighted by atomic mass is 35.5. The molecular weight excluding hydrogens is 505 g/mol. The third kappa shape index (κ3) is 6.02. The first-order valence-corrected chi connectivity index (χ1v) is 13.6. The van der Waals surface area contributed by atoms with E-state index in [1.165, 1.54) is 0 Å². The van der Waals surface area contributed by atoms with E-state index in [0.717, 1.165) is 65.8 Å². The number of nitrogens with zero attached hydrogens (tertiary/aromatic N) is 3. The molecule has 0 saturated carbocycles. The lowest BCUT2D eigenvalue weighted by Gasteiger charge is -2.48. The van der Waals surface area contributed by atoms with Crippen LogP contribution < -0.4 is 9.64 Å². The molecule has 1 N–H and O–H groups in total. The van der Waals surface area contributed by atoms with E-state index in [-0.39, 0.29) is 12.0 Å². The van der Waals surface area contributed by atoms with Crippen LogP contribution in [0.25, 0.3) is 10.2 Å². The average Bonchev–Trinajstić information content (AvgIpc) is 3.25. The van der Waals surface area contributed by atoms with Gasteiger partial charge in [0.05, 0.1) is 28.3 Å². The Hall–Kier alpha value is -2.06. The van der Waals surface area contributed by atoms with E-state index in [0.29, 0.717) is 22.9 Å². The molecule has 2 aromatic carbocycles. The molecule has 35 heavy (non-hydrogen) atoms. The van der Waals surface area contributed by atoms with E-state index in [9.17, 15) is 4.79 Å². The second-order valence-electron chi connectivity index (χ2n) is 8.93. The number of aliphatic carboxylic acids is 1. The number of halogens is 2. The van der Waals surface area contributed by atoms with Gasteiger partial charge in [-0.25, -0.2) is 4.98 Å². The Morgan fingerprint density at radius 2 is 1.91 bits per heavy atom. The highest BCUT2D eigenvalue weighted by Crippen LogP contribution is 2.37. The molecule has 0 aliphatic carbocycles. The first-order chi connectivity index (χ1) is 16.8. The van der Waals surface area contributed by atoms with Crippen molar-refractivity contribution in [1.29, 1.82) is 0 Å². The summed E-state index contributed by atoms with van der Waals surface area (Å²) in [5.74, 6) is -0.326. The van der Waals surface area contributed by atoms with E-state index < -0.39 is 5.97 Å². The van der Waals surface area contributed by atoms with Crippen LogP contribution in [0.2, 0.25) is 10.0 Å². The highest BCUT2D eigenvalue weighted by Gasteiger charge is 2.39. The number of hydrogen-bond donors (Lipinski definition) is 1. The van der Waals surface area contributed by atoms with Crippen molar-refractivity contribution in [2.75, 3.05) is 37.7 Å². The molecular formula is C26H31Cl2N3O3S. The summed E-state index contributed by atoms with van der Waals surface area (Å²) >= 11 is 14.2. The van der Waals surface area contributed by atoms with Crippen molar-refractivity contribution in [2.24, 2.45) is 0 Å². The van der Waals surface area contributed by atoms with Crippen molar-refractivity contribution < 1.29 is 14.6 Å². The van der Waals surface area contributed by atoms with Gasteiger partial charge < -0.3 is 14.7 Å². The number of carbonyl (C=O) groups is 1. The van der Waals surface area contributed by atoms with Gasteiger partial charge in [-0.2, -0.15) is 0 Å². The number of carboxylic acids is 1. The minimum atomic E-state index is -0.873. The van der Waals surface area contributed by atoms with Gasteiger partial charge in [0.15, 0.2) is 5.13 Å². The summed E-state index contributed by atoms with van der Waals surface area (Å²) in [4.78, 5) is 20.8. The standard InChI is InChI=1S/C26H31Cl2N3O3S/c1-3-31(4-2)26(11-14-34-22-15-18(16-24(32)33)5-7-20(22)28)9-12-30(13-10-26)25-29-21-8-6-19(27)17-23(21)35-25/h5-8,15,17H,3-4,9-14,16H2,1-2H3,(H,32,33). The molecule has 0 bridgehead atoms. The van der Waals surface area contributed by atoms with Gasteiger partial charge in [0, 0.05) is 23.7 Å². The number of piperidine rings is 1. The Labute approximate surface area is 220 Å². The van der Waals surface area contributed by atoms with Gasteiger partial charge >= 0.3 is 5.97 Å². The van der Waals surface area contributed by atoms with Crippen molar-refractivity contribution in [2.45, 2.75) is 45.1 Å². The average molecular weight is 537 g/mol. The van der Waals surface area contributed by atoms with Crippen LogP contribution in [0.5, 0.6) is 5.75 Å². The smallest absolute Gasteiger partial charge is 0.307 e. The molecule has 0 radical (unpaired) electrons. The van der Waals surface area contributed by atoms with Crippen LogP contribution in [0.1, 0.15) is 38.7 Å². The molecule has 0 amide bonds. The zero-order valence-electron chi connectivity index (χ0n) is 20.1. The van der Waals surface area contributed by atoms with E-state index in [1.807, 2.05) is 18.2 Å². The Morgan fingerprint density at radius 3 is 2.60 bits per heavy atom. The Morgan fingerprint density at radius 1 is 1.17 bits per heavy atom. The van der Waals surface area contributed by atoms with Crippen molar-refractivity contribution in [3.05, 3.63) is 52.0 Å². The molecule has 9 heteroatoms. The molecule has 1 aromatic heterocycles. The molecule has 3 aromatic rings. The minimum absolute atomic E-state index is 0.0329. The summed E-state index contributed by atoms with van der Waals surface area (Å²) in [6.45, 7) is 8.75. The van der Waals surface area contributed by atoms with Crippen molar-refractivity contribution in [3.63, 3.8) is 0 Å². The summed E-state index contributed by atoms with van der Waals surface area (Å²) < 4.78 is 7.21. The number of ether oxygens (including phenoxy) is 1. The monoisotopic (exact) mass is 535 g/mol. The highest BCUT2D eigenvalue weighted by molar-refractivity contribution is 7.22. The van der Waals surface area contributed by atoms with Gasteiger partial charge in [-0.1, -0.05) is 54.5 Å². The van der Waals surface area contributed by atoms with Crippen LogP contribution >= 0.6 is 34.5 Å². The largest absolute Gasteiger partial charge is 0.492 e. The number of rotatable bonds is 10. The van der Waals surface area contributed by atoms with Gasteiger partial charge in [-0.15, -0.1) is 0 Å². The lowest BCUT2D eigenvalue weighted by atomic mass is 9.82. The van der Waals surface area contributed by atoms with Crippen LogP contribution in [-0.2, 0) is 11.2 Å². The molecule has 1 aliphatic rings. The van der Waals surface area contributed by atoms with Gasteiger partial charge in [0.2, 0.25) is 0 Å². The lowest BCUT2D eigenvalue weighted by molar-refractivity contribution is -0.136. The van der Waals surface area contributed by atoms with Crippen LogP contribution in [0, 0.1) is 0 Å². The van der Waals surface area contributed by atoms with Crippen LogP contribution in [-0.4, -0.2) is 59.3 Å². The molecule has 0 unspecified atom stereocenters. The summed E-state index contributed by atoms with van der Waals surface area (Å²) in [6.07, 6.45) is 2.85. The normalized spacial score (nSPS) is 15.6.